The lowest BCUT2D eigenvalue weighted by molar-refractivity contribution is 0.342. The highest BCUT2D eigenvalue weighted by atomic mass is 32.2. The summed E-state index contributed by atoms with van der Waals surface area (Å²) >= 11 is 0. The number of aryl methyl sites for hydroxylation is 1. The molecule has 0 aliphatic rings. The lowest BCUT2D eigenvalue weighted by Crippen LogP contribution is -2.38. The van der Waals surface area contributed by atoms with Crippen LogP contribution in [0.1, 0.15) is 39.2 Å². The highest BCUT2D eigenvalue weighted by Gasteiger charge is 2.26. The summed E-state index contributed by atoms with van der Waals surface area (Å²) in [6, 6.07) is 7.33. The molecule has 1 rings (SSSR count). The molecule has 1 unspecified atom stereocenters. The largest absolute Gasteiger partial charge is 0.320 e. The summed E-state index contributed by atoms with van der Waals surface area (Å²) in [6.45, 7) is 7.32. The van der Waals surface area contributed by atoms with Crippen LogP contribution >= 0.6 is 0 Å². The molecule has 4 nitrogen and oxygen atoms in total. The fourth-order valence-corrected chi connectivity index (χ4v) is 4.07. The zero-order chi connectivity index (χ0) is 15.9. The number of nitrogens with zero attached hydrogens (tertiary/aromatic N) is 1. The average molecular weight is 312 g/mol. The van der Waals surface area contributed by atoms with Crippen LogP contribution in [-0.4, -0.2) is 38.9 Å². The summed E-state index contributed by atoms with van der Waals surface area (Å²) in [5.74, 6) is 0. The number of rotatable bonds is 9. The molecular formula is C16H28N2O2S. The summed E-state index contributed by atoms with van der Waals surface area (Å²) in [5, 5.41) is 3.11. The van der Waals surface area contributed by atoms with Crippen molar-refractivity contribution in [1.29, 1.82) is 0 Å². The van der Waals surface area contributed by atoms with Crippen LogP contribution in [0.3, 0.4) is 0 Å². The Kier molecular flexibility index (Phi) is 7.35. The molecule has 0 saturated heterocycles. The molecule has 0 heterocycles. The highest BCUT2D eigenvalue weighted by molar-refractivity contribution is 7.89. The first kappa shape index (κ1) is 18.1. The van der Waals surface area contributed by atoms with Gasteiger partial charge in [0.2, 0.25) is 10.0 Å². The molecule has 0 aliphatic carbocycles. The van der Waals surface area contributed by atoms with Crippen LogP contribution in [0.4, 0.5) is 0 Å². The molecule has 0 fully saturated rings. The first-order valence-electron chi connectivity index (χ1n) is 7.72. The smallest absolute Gasteiger partial charge is 0.243 e. The lowest BCUT2D eigenvalue weighted by atomic mass is 10.1. The van der Waals surface area contributed by atoms with E-state index in [2.05, 4.69) is 5.32 Å². The van der Waals surface area contributed by atoms with E-state index in [0.29, 0.717) is 11.4 Å². The number of nitrogens with one attached hydrogen (secondary N) is 1. The lowest BCUT2D eigenvalue weighted by Gasteiger charge is -2.26. The minimum absolute atomic E-state index is 0.0234. The summed E-state index contributed by atoms with van der Waals surface area (Å²) in [7, 11) is -1.45. The Labute approximate surface area is 129 Å². The Hall–Kier alpha value is -0.910. The SMILES string of the molecule is CCC(C)N(CC)S(=O)(=O)c1ccc(CCCNC)cc1. The minimum atomic E-state index is -3.38. The fraction of sp³-hybridized carbons (Fsp3) is 0.625. The van der Waals surface area contributed by atoms with E-state index >= 15 is 0 Å². The second-order valence-corrected chi connectivity index (χ2v) is 7.21. The van der Waals surface area contributed by atoms with Crippen LogP contribution in [-0.2, 0) is 16.4 Å². The van der Waals surface area contributed by atoms with E-state index < -0.39 is 10.0 Å². The predicted octanol–water partition coefficient (Wildman–Crippen LogP) is 2.65. The summed E-state index contributed by atoms with van der Waals surface area (Å²) in [5.41, 5.74) is 1.18. The second kappa shape index (κ2) is 8.51. The quantitative estimate of drug-likeness (QED) is 0.713. The van der Waals surface area contributed by atoms with Crippen molar-refractivity contribution in [3.05, 3.63) is 29.8 Å². The van der Waals surface area contributed by atoms with Crippen LogP contribution in [0, 0.1) is 0 Å². The van der Waals surface area contributed by atoms with E-state index in [4.69, 9.17) is 0 Å². The predicted molar refractivity (Wildman–Crippen MR) is 88.0 cm³/mol. The number of hydrogen-bond donors (Lipinski definition) is 1. The maximum atomic E-state index is 12.7. The van der Waals surface area contributed by atoms with Crippen molar-refractivity contribution >= 4 is 10.0 Å². The molecule has 1 aromatic carbocycles. The summed E-state index contributed by atoms with van der Waals surface area (Å²) in [4.78, 5) is 0.391. The Morgan fingerprint density at radius 3 is 2.29 bits per heavy atom. The molecule has 5 heteroatoms. The molecule has 21 heavy (non-hydrogen) atoms. The molecule has 120 valence electrons. The van der Waals surface area contributed by atoms with Gasteiger partial charge in [-0.25, -0.2) is 8.42 Å². The van der Waals surface area contributed by atoms with E-state index in [1.54, 1.807) is 16.4 Å². The molecule has 1 aromatic rings. The van der Waals surface area contributed by atoms with E-state index in [1.807, 2.05) is 40.0 Å². The summed E-state index contributed by atoms with van der Waals surface area (Å²) in [6.07, 6.45) is 2.83. The molecular weight excluding hydrogens is 284 g/mol. The van der Waals surface area contributed by atoms with Crippen molar-refractivity contribution in [2.45, 2.75) is 51.0 Å². The monoisotopic (exact) mass is 312 g/mol. The van der Waals surface area contributed by atoms with Gasteiger partial charge >= 0.3 is 0 Å². The zero-order valence-corrected chi connectivity index (χ0v) is 14.4. The Morgan fingerprint density at radius 2 is 1.81 bits per heavy atom. The average Bonchev–Trinajstić information content (AvgIpc) is 2.48. The summed E-state index contributed by atoms with van der Waals surface area (Å²) < 4.78 is 26.9. The van der Waals surface area contributed by atoms with E-state index in [-0.39, 0.29) is 6.04 Å². The van der Waals surface area contributed by atoms with E-state index in [9.17, 15) is 8.42 Å². The van der Waals surface area contributed by atoms with Crippen LogP contribution in [0.5, 0.6) is 0 Å². The van der Waals surface area contributed by atoms with Crippen LogP contribution < -0.4 is 5.32 Å². The van der Waals surface area contributed by atoms with E-state index in [1.165, 1.54) is 5.56 Å². The second-order valence-electron chi connectivity index (χ2n) is 5.32. The molecule has 1 N–H and O–H groups in total. The van der Waals surface area contributed by atoms with Crippen LogP contribution in [0.25, 0.3) is 0 Å². The third kappa shape index (κ3) is 4.80. The molecule has 0 aromatic heterocycles. The molecule has 1 atom stereocenters. The Morgan fingerprint density at radius 1 is 1.19 bits per heavy atom. The van der Waals surface area contributed by atoms with Gasteiger partial charge in [-0.2, -0.15) is 4.31 Å². The van der Waals surface area contributed by atoms with Crippen molar-refractivity contribution < 1.29 is 8.42 Å². The fourth-order valence-electron chi connectivity index (χ4n) is 2.35. The molecule has 0 radical (unpaired) electrons. The van der Waals surface area contributed by atoms with Gasteiger partial charge in [-0.3, -0.25) is 0 Å². The first-order chi connectivity index (χ1) is 9.97. The van der Waals surface area contributed by atoms with Crippen LogP contribution in [0.15, 0.2) is 29.2 Å². The standard InChI is InChI=1S/C16H28N2O2S/c1-5-14(3)18(6-2)21(19,20)16-11-9-15(10-12-16)8-7-13-17-4/h9-12,14,17H,5-8,13H2,1-4H3. The highest BCUT2D eigenvalue weighted by Crippen LogP contribution is 2.20. The van der Waals surface area contributed by atoms with Gasteiger partial charge < -0.3 is 5.32 Å². The van der Waals surface area contributed by atoms with Gasteiger partial charge in [0.1, 0.15) is 0 Å². The number of benzene rings is 1. The van der Waals surface area contributed by atoms with Crippen molar-refractivity contribution in [1.82, 2.24) is 9.62 Å². The van der Waals surface area contributed by atoms with Crippen molar-refractivity contribution in [2.75, 3.05) is 20.1 Å². The van der Waals surface area contributed by atoms with Crippen molar-refractivity contribution in [3.8, 4) is 0 Å². The van der Waals surface area contributed by atoms with Crippen molar-refractivity contribution in [3.63, 3.8) is 0 Å². The van der Waals surface area contributed by atoms with Crippen molar-refractivity contribution in [2.24, 2.45) is 0 Å². The van der Waals surface area contributed by atoms with Gasteiger partial charge in [0.25, 0.3) is 0 Å². The number of hydrogen-bond acceptors (Lipinski definition) is 3. The van der Waals surface area contributed by atoms with Gasteiger partial charge in [-0.05, 0) is 57.5 Å². The third-order valence-corrected chi connectivity index (χ3v) is 5.92. The minimum Gasteiger partial charge on any atom is -0.320 e. The van der Waals surface area contributed by atoms with Gasteiger partial charge in [-0.1, -0.05) is 26.0 Å². The maximum absolute atomic E-state index is 12.7. The van der Waals surface area contributed by atoms with Gasteiger partial charge in [0, 0.05) is 12.6 Å². The maximum Gasteiger partial charge on any atom is 0.243 e. The molecule has 0 amide bonds. The Balaban J connectivity index is 2.88. The van der Waals surface area contributed by atoms with Gasteiger partial charge in [0.05, 0.1) is 4.90 Å². The normalized spacial score (nSPS) is 13.6. The van der Waals surface area contributed by atoms with Crippen LogP contribution in [0.2, 0.25) is 0 Å². The Bertz CT molecular complexity index is 512. The first-order valence-corrected chi connectivity index (χ1v) is 9.16. The molecule has 0 saturated carbocycles. The molecule has 0 bridgehead atoms. The van der Waals surface area contributed by atoms with Gasteiger partial charge in [0.15, 0.2) is 0 Å². The molecule has 0 spiro atoms. The zero-order valence-electron chi connectivity index (χ0n) is 13.6. The number of sulfonamides is 1. The molecule has 0 aliphatic heterocycles. The third-order valence-electron chi connectivity index (χ3n) is 3.82. The topological polar surface area (TPSA) is 49.4 Å². The van der Waals surface area contributed by atoms with Gasteiger partial charge in [-0.15, -0.1) is 0 Å². The van der Waals surface area contributed by atoms with E-state index in [0.717, 1.165) is 25.8 Å².